The van der Waals surface area contributed by atoms with Crippen molar-refractivity contribution in [3.63, 3.8) is 0 Å². The summed E-state index contributed by atoms with van der Waals surface area (Å²) in [7, 11) is 1.65. The Bertz CT molecular complexity index is 419. The Morgan fingerprint density at radius 2 is 1.71 bits per heavy atom. The molecule has 0 amide bonds. The molecule has 94 valence electrons. The largest absolute Gasteiger partial charge is 0.496 e. The molecular formula is C15H22O2. The van der Waals surface area contributed by atoms with Gasteiger partial charge in [-0.25, -0.2) is 0 Å². The zero-order chi connectivity index (χ0) is 13.2. The number of carbonyl (C=O) groups excluding carboxylic acids is 1. The van der Waals surface area contributed by atoms with Crippen molar-refractivity contribution in [1.82, 2.24) is 0 Å². The van der Waals surface area contributed by atoms with Crippen molar-refractivity contribution < 1.29 is 9.53 Å². The number of ether oxygens (including phenoxy) is 1. The van der Waals surface area contributed by atoms with E-state index in [-0.39, 0.29) is 11.7 Å². The topological polar surface area (TPSA) is 26.3 Å². The first-order valence-electron chi connectivity index (χ1n) is 6.08. The fourth-order valence-electron chi connectivity index (χ4n) is 1.82. The molecule has 0 spiro atoms. The van der Waals surface area contributed by atoms with Crippen molar-refractivity contribution in [1.29, 1.82) is 0 Å². The maximum Gasteiger partial charge on any atom is 0.166 e. The summed E-state index contributed by atoms with van der Waals surface area (Å²) in [5, 5.41) is 0. The third-order valence-electron chi connectivity index (χ3n) is 3.42. The average Bonchev–Trinajstić information content (AvgIpc) is 2.29. The van der Waals surface area contributed by atoms with E-state index in [4.69, 9.17) is 4.74 Å². The molecule has 0 radical (unpaired) electrons. The highest BCUT2D eigenvalue weighted by atomic mass is 16.5. The van der Waals surface area contributed by atoms with Crippen molar-refractivity contribution in [3.05, 3.63) is 28.8 Å². The molecule has 0 saturated heterocycles. The van der Waals surface area contributed by atoms with Gasteiger partial charge in [0, 0.05) is 11.5 Å². The van der Waals surface area contributed by atoms with Crippen LogP contribution in [0, 0.1) is 25.7 Å². The van der Waals surface area contributed by atoms with Crippen molar-refractivity contribution in [2.45, 2.75) is 34.6 Å². The minimum Gasteiger partial charge on any atom is -0.496 e. The summed E-state index contributed by atoms with van der Waals surface area (Å²) in [6, 6.07) is 3.88. The average molecular weight is 234 g/mol. The van der Waals surface area contributed by atoms with Crippen molar-refractivity contribution >= 4 is 5.78 Å². The molecule has 1 aromatic rings. The van der Waals surface area contributed by atoms with Crippen LogP contribution in [-0.2, 0) is 0 Å². The standard InChI is InChI=1S/C15H22O2/c1-9(2)12(5)15(16)13-7-11(4)14(17-6)8-10(13)3/h7-9,12H,1-6H3. The lowest BCUT2D eigenvalue weighted by Crippen LogP contribution is -2.18. The lowest BCUT2D eigenvalue weighted by atomic mass is 9.87. The monoisotopic (exact) mass is 234 g/mol. The number of benzene rings is 1. The van der Waals surface area contributed by atoms with Crippen LogP contribution in [0.1, 0.15) is 42.3 Å². The fraction of sp³-hybridized carbons (Fsp3) is 0.533. The molecule has 0 aliphatic carbocycles. The van der Waals surface area contributed by atoms with Gasteiger partial charge in [0.15, 0.2) is 5.78 Å². The molecule has 1 unspecified atom stereocenters. The summed E-state index contributed by atoms with van der Waals surface area (Å²) in [5.41, 5.74) is 2.83. The van der Waals surface area contributed by atoms with Crippen molar-refractivity contribution in [3.8, 4) is 5.75 Å². The number of methoxy groups -OCH3 is 1. The smallest absolute Gasteiger partial charge is 0.166 e. The molecule has 1 aromatic carbocycles. The zero-order valence-corrected chi connectivity index (χ0v) is 11.6. The molecule has 1 rings (SSSR count). The minimum absolute atomic E-state index is 0.0569. The van der Waals surface area contributed by atoms with Crippen LogP contribution in [0.5, 0.6) is 5.75 Å². The molecule has 0 bridgehead atoms. The third-order valence-corrected chi connectivity index (χ3v) is 3.42. The van der Waals surface area contributed by atoms with E-state index in [0.717, 1.165) is 22.4 Å². The molecule has 2 heteroatoms. The first-order chi connectivity index (χ1) is 7.88. The third kappa shape index (κ3) is 2.87. The van der Waals surface area contributed by atoms with Crippen molar-refractivity contribution in [2.75, 3.05) is 7.11 Å². The molecule has 0 aliphatic rings. The molecular weight excluding hydrogens is 212 g/mol. The lowest BCUT2D eigenvalue weighted by Gasteiger charge is -2.17. The van der Waals surface area contributed by atoms with Gasteiger partial charge in [0.05, 0.1) is 7.11 Å². The number of hydrogen-bond donors (Lipinski definition) is 0. The van der Waals surface area contributed by atoms with Gasteiger partial charge in [-0.05, 0) is 43.0 Å². The molecule has 0 N–H and O–H groups in total. The van der Waals surface area contributed by atoms with E-state index < -0.39 is 0 Å². The maximum atomic E-state index is 12.3. The second-order valence-corrected chi connectivity index (χ2v) is 5.03. The van der Waals surface area contributed by atoms with Crippen LogP contribution < -0.4 is 4.74 Å². The second-order valence-electron chi connectivity index (χ2n) is 5.03. The zero-order valence-electron chi connectivity index (χ0n) is 11.6. The van der Waals surface area contributed by atoms with Crippen LogP contribution in [-0.4, -0.2) is 12.9 Å². The normalized spacial score (nSPS) is 12.6. The summed E-state index contributed by atoms with van der Waals surface area (Å²) >= 11 is 0. The Kier molecular flexibility index (Phi) is 4.33. The number of ketones is 1. The van der Waals surface area contributed by atoms with E-state index in [1.54, 1.807) is 7.11 Å². The van der Waals surface area contributed by atoms with Gasteiger partial charge in [-0.3, -0.25) is 4.79 Å². The Morgan fingerprint density at radius 1 is 1.12 bits per heavy atom. The van der Waals surface area contributed by atoms with Gasteiger partial charge in [-0.15, -0.1) is 0 Å². The summed E-state index contributed by atoms with van der Waals surface area (Å²) in [6.07, 6.45) is 0. The van der Waals surface area contributed by atoms with Crippen LogP contribution in [0.3, 0.4) is 0 Å². The van der Waals surface area contributed by atoms with Gasteiger partial charge in [0.25, 0.3) is 0 Å². The molecule has 0 fully saturated rings. The van der Waals surface area contributed by atoms with Crippen LogP contribution in [0.15, 0.2) is 12.1 Å². The number of rotatable bonds is 4. The Labute approximate surface area is 104 Å². The number of carbonyl (C=O) groups is 1. The summed E-state index contributed by atoms with van der Waals surface area (Å²) in [4.78, 5) is 12.3. The molecule has 1 atom stereocenters. The quantitative estimate of drug-likeness (QED) is 0.741. The summed E-state index contributed by atoms with van der Waals surface area (Å²) in [5.74, 6) is 1.49. The van der Waals surface area contributed by atoms with Gasteiger partial charge in [0.1, 0.15) is 5.75 Å². The fourth-order valence-corrected chi connectivity index (χ4v) is 1.82. The van der Waals surface area contributed by atoms with E-state index >= 15 is 0 Å². The summed E-state index contributed by atoms with van der Waals surface area (Å²) < 4.78 is 5.26. The van der Waals surface area contributed by atoms with Gasteiger partial charge < -0.3 is 4.74 Å². The minimum atomic E-state index is 0.0569. The van der Waals surface area contributed by atoms with Crippen LogP contribution >= 0.6 is 0 Å². The van der Waals surface area contributed by atoms with Gasteiger partial charge in [0.2, 0.25) is 0 Å². The highest BCUT2D eigenvalue weighted by molar-refractivity contribution is 5.99. The van der Waals surface area contributed by atoms with E-state index in [1.807, 2.05) is 32.9 Å². The SMILES string of the molecule is COc1cc(C)c(C(=O)C(C)C(C)C)cc1C. The van der Waals surface area contributed by atoms with Gasteiger partial charge in [-0.2, -0.15) is 0 Å². The van der Waals surface area contributed by atoms with E-state index in [1.165, 1.54) is 0 Å². The Balaban J connectivity index is 3.15. The maximum absolute atomic E-state index is 12.3. The van der Waals surface area contributed by atoms with Crippen LogP contribution in [0.4, 0.5) is 0 Å². The highest BCUT2D eigenvalue weighted by Gasteiger charge is 2.20. The van der Waals surface area contributed by atoms with Crippen LogP contribution in [0.2, 0.25) is 0 Å². The van der Waals surface area contributed by atoms with Crippen LogP contribution in [0.25, 0.3) is 0 Å². The predicted octanol–water partition coefficient (Wildman–Crippen LogP) is 3.79. The van der Waals surface area contributed by atoms with E-state index in [9.17, 15) is 4.79 Å². The van der Waals surface area contributed by atoms with E-state index in [0.29, 0.717) is 5.92 Å². The molecule has 0 aromatic heterocycles. The van der Waals surface area contributed by atoms with Gasteiger partial charge >= 0.3 is 0 Å². The Hall–Kier alpha value is -1.31. The van der Waals surface area contributed by atoms with Gasteiger partial charge in [-0.1, -0.05) is 20.8 Å². The Morgan fingerprint density at radius 3 is 2.18 bits per heavy atom. The first-order valence-corrected chi connectivity index (χ1v) is 6.08. The summed E-state index contributed by atoms with van der Waals surface area (Å²) in [6.45, 7) is 10.1. The first kappa shape index (κ1) is 13.8. The molecule has 17 heavy (non-hydrogen) atoms. The molecule has 0 aliphatic heterocycles. The highest BCUT2D eigenvalue weighted by Crippen LogP contribution is 2.26. The lowest BCUT2D eigenvalue weighted by molar-refractivity contribution is 0.0899. The molecule has 0 heterocycles. The second kappa shape index (κ2) is 5.35. The number of Topliss-reactive ketones (excluding diaryl/α,β-unsaturated/α-hetero) is 1. The molecule has 0 saturated carbocycles. The number of aryl methyl sites for hydroxylation is 2. The molecule has 2 nitrogen and oxygen atoms in total. The predicted molar refractivity (Wildman–Crippen MR) is 70.8 cm³/mol. The number of hydrogen-bond acceptors (Lipinski definition) is 2. The van der Waals surface area contributed by atoms with Crippen molar-refractivity contribution in [2.24, 2.45) is 11.8 Å². The van der Waals surface area contributed by atoms with E-state index in [2.05, 4.69) is 13.8 Å².